The van der Waals surface area contributed by atoms with Gasteiger partial charge in [0.1, 0.15) is 0 Å². The lowest BCUT2D eigenvalue weighted by atomic mass is 10.1. The summed E-state index contributed by atoms with van der Waals surface area (Å²) in [4.78, 5) is 26.0. The van der Waals surface area contributed by atoms with Gasteiger partial charge in [-0.1, -0.05) is 6.07 Å². The largest absolute Gasteiger partial charge is 0.326 e. The molecule has 3 rings (SSSR count). The Bertz CT molecular complexity index is 1040. The maximum atomic E-state index is 13.1. The maximum Gasteiger partial charge on any atom is 0.255 e. The molecular formula is C21H26N4O4S. The van der Waals surface area contributed by atoms with Gasteiger partial charge in [-0.05, 0) is 55.9 Å². The fourth-order valence-electron chi connectivity index (χ4n) is 3.23. The van der Waals surface area contributed by atoms with Crippen LogP contribution < -0.4 is 10.6 Å². The van der Waals surface area contributed by atoms with Crippen molar-refractivity contribution in [2.75, 3.05) is 43.9 Å². The number of hydrogen-bond acceptors (Lipinski definition) is 5. The molecule has 0 bridgehead atoms. The van der Waals surface area contributed by atoms with Crippen LogP contribution in [-0.4, -0.2) is 62.7 Å². The van der Waals surface area contributed by atoms with Crippen LogP contribution in [0.2, 0.25) is 0 Å². The molecule has 8 nitrogen and oxygen atoms in total. The fourth-order valence-corrected chi connectivity index (χ4v) is 4.90. The van der Waals surface area contributed by atoms with Crippen LogP contribution in [0.1, 0.15) is 22.8 Å². The second-order valence-electron chi connectivity index (χ2n) is 7.40. The molecular weight excluding hydrogens is 404 g/mol. The minimum absolute atomic E-state index is 0.153. The second kappa shape index (κ2) is 8.95. The lowest BCUT2D eigenvalue weighted by Crippen LogP contribution is -2.47. The Labute approximate surface area is 176 Å². The molecule has 1 heterocycles. The van der Waals surface area contributed by atoms with Gasteiger partial charge in [0, 0.05) is 50.0 Å². The van der Waals surface area contributed by atoms with E-state index in [1.54, 1.807) is 43.3 Å². The van der Waals surface area contributed by atoms with E-state index in [-0.39, 0.29) is 16.4 Å². The van der Waals surface area contributed by atoms with Gasteiger partial charge < -0.3 is 15.5 Å². The second-order valence-corrected chi connectivity index (χ2v) is 9.31. The smallest absolute Gasteiger partial charge is 0.255 e. The van der Waals surface area contributed by atoms with Crippen molar-refractivity contribution in [3.05, 3.63) is 53.6 Å². The molecule has 160 valence electrons. The number of nitrogens with zero attached hydrogens (tertiary/aromatic N) is 2. The van der Waals surface area contributed by atoms with Gasteiger partial charge in [-0.2, -0.15) is 4.31 Å². The molecule has 2 amide bonds. The van der Waals surface area contributed by atoms with Crippen molar-refractivity contribution in [2.45, 2.75) is 18.7 Å². The Balaban J connectivity index is 1.78. The van der Waals surface area contributed by atoms with Gasteiger partial charge in [0.05, 0.1) is 4.90 Å². The topological polar surface area (TPSA) is 98.8 Å². The molecule has 1 aliphatic heterocycles. The van der Waals surface area contributed by atoms with E-state index in [9.17, 15) is 18.0 Å². The van der Waals surface area contributed by atoms with Crippen molar-refractivity contribution in [3.8, 4) is 0 Å². The van der Waals surface area contributed by atoms with Crippen LogP contribution in [0.3, 0.4) is 0 Å². The minimum atomic E-state index is -3.68. The first kappa shape index (κ1) is 21.9. The first-order chi connectivity index (χ1) is 14.2. The summed E-state index contributed by atoms with van der Waals surface area (Å²) < 4.78 is 27.7. The zero-order chi connectivity index (χ0) is 21.9. The third-order valence-corrected chi connectivity index (χ3v) is 7.03. The first-order valence-electron chi connectivity index (χ1n) is 9.65. The monoisotopic (exact) mass is 430 g/mol. The van der Waals surface area contributed by atoms with Crippen LogP contribution in [0.4, 0.5) is 11.4 Å². The quantitative estimate of drug-likeness (QED) is 0.757. The van der Waals surface area contributed by atoms with E-state index < -0.39 is 15.9 Å². The average molecular weight is 431 g/mol. The summed E-state index contributed by atoms with van der Waals surface area (Å²) >= 11 is 0. The zero-order valence-electron chi connectivity index (χ0n) is 17.3. The molecule has 0 spiro atoms. The predicted molar refractivity (Wildman–Crippen MR) is 116 cm³/mol. The number of sulfonamides is 1. The lowest BCUT2D eigenvalue weighted by Gasteiger charge is -2.32. The highest BCUT2D eigenvalue weighted by atomic mass is 32.2. The van der Waals surface area contributed by atoms with Gasteiger partial charge in [0.25, 0.3) is 5.91 Å². The van der Waals surface area contributed by atoms with Crippen molar-refractivity contribution < 1.29 is 18.0 Å². The highest BCUT2D eigenvalue weighted by molar-refractivity contribution is 7.89. The summed E-state index contributed by atoms with van der Waals surface area (Å²) in [7, 11) is -1.71. The number of hydrogen-bond donors (Lipinski definition) is 2. The molecule has 1 fully saturated rings. The number of amides is 2. The van der Waals surface area contributed by atoms with Gasteiger partial charge in [-0.15, -0.1) is 0 Å². The normalized spacial score (nSPS) is 15.6. The van der Waals surface area contributed by atoms with Gasteiger partial charge in [-0.3, -0.25) is 9.59 Å². The minimum Gasteiger partial charge on any atom is -0.326 e. The molecule has 0 saturated carbocycles. The lowest BCUT2D eigenvalue weighted by molar-refractivity contribution is -0.114. The van der Waals surface area contributed by atoms with Crippen LogP contribution in [0.5, 0.6) is 0 Å². The fraction of sp³-hybridized carbons (Fsp3) is 0.333. The highest BCUT2D eigenvalue weighted by Gasteiger charge is 2.29. The number of rotatable bonds is 5. The number of likely N-dealkylation sites (N-methyl/N-ethyl adjacent to an activating group) is 1. The van der Waals surface area contributed by atoms with Crippen molar-refractivity contribution in [1.29, 1.82) is 0 Å². The number of piperazine rings is 1. The third-order valence-electron chi connectivity index (χ3n) is 4.99. The van der Waals surface area contributed by atoms with Crippen LogP contribution in [0.15, 0.2) is 47.4 Å². The molecule has 0 aliphatic carbocycles. The summed E-state index contributed by atoms with van der Waals surface area (Å²) in [6, 6.07) is 11.4. The Kier molecular flexibility index (Phi) is 6.55. The number of aryl methyl sites for hydroxylation is 1. The van der Waals surface area contributed by atoms with Crippen LogP contribution in [-0.2, 0) is 14.8 Å². The molecule has 2 aromatic carbocycles. The van der Waals surface area contributed by atoms with Gasteiger partial charge >= 0.3 is 0 Å². The van der Waals surface area contributed by atoms with Crippen LogP contribution >= 0.6 is 0 Å². The standard InChI is InChI=1S/C21H26N4O4S/c1-15-4-5-17(14-20(15)30(28,29)25-12-10-24(3)11-13-25)21(27)23-19-8-6-18(7-9-19)22-16(2)26/h4-9,14H,10-13H2,1-3H3,(H,22,26)(H,23,27). The van der Waals surface area contributed by atoms with Gasteiger partial charge in [-0.25, -0.2) is 8.42 Å². The van der Waals surface area contributed by atoms with Crippen LogP contribution in [0.25, 0.3) is 0 Å². The first-order valence-corrected chi connectivity index (χ1v) is 11.1. The summed E-state index contributed by atoms with van der Waals surface area (Å²) in [5, 5.41) is 5.41. The Hall–Kier alpha value is -2.75. The predicted octanol–water partition coefficient (Wildman–Crippen LogP) is 2.14. The number of nitrogens with one attached hydrogen (secondary N) is 2. The zero-order valence-corrected chi connectivity index (χ0v) is 18.1. The number of anilines is 2. The Morgan fingerprint density at radius 2 is 1.47 bits per heavy atom. The van der Waals surface area contributed by atoms with E-state index in [2.05, 4.69) is 15.5 Å². The van der Waals surface area contributed by atoms with Crippen molar-refractivity contribution in [3.63, 3.8) is 0 Å². The van der Waals surface area contributed by atoms with Crippen LogP contribution in [0, 0.1) is 6.92 Å². The number of carbonyl (C=O) groups is 2. The molecule has 0 atom stereocenters. The maximum absolute atomic E-state index is 13.1. The average Bonchev–Trinajstić information content (AvgIpc) is 2.69. The molecule has 0 aromatic heterocycles. The van der Waals surface area contributed by atoms with Crippen molar-refractivity contribution >= 4 is 33.2 Å². The SMILES string of the molecule is CC(=O)Nc1ccc(NC(=O)c2ccc(C)c(S(=O)(=O)N3CCN(C)CC3)c2)cc1. The van der Waals surface area contributed by atoms with Gasteiger partial charge in [0.15, 0.2) is 0 Å². The summed E-state index contributed by atoms with van der Waals surface area (Å²) in [5.74, 6) is -0.586. The summed E-state index contributed by atoms with van der Waals surface area (Å²) in [6.07, 6.45) is 0. The molecule has 2 aromatic rings. The molecule has 1 saturated heterocycles. The van der Waals surface area contributed by atoms with E-state index in [1.165, 1.54) is 17.3 Å². The Morgan fingerprint density at radius 3 is 2.03 bits per heavy atom. The number of carbonyl (C=O) groups excluding carboxylic acids is 2. The van der Waals surface area contributed by atoms with E-state index in [1.807, 2.05) is 7.05 Å². The molecule has 1 aliphatic rings. The number of benzene rings is 2. The van der Waals surface area contributed by atoms with Gasteiger partial charge in [0.2, 0.25) is 15.9 Å². The molecule has 2 N–H and O–H groups in total. The molecule has 9 heteroatoms. The molecule has 0 radical (unpaired) electrons. The van der Waals surface area contributed by atoms with Crippen molar-refractivity contribution in [1.82, 2.24) is 9.21 Å². The molecule has 0 unspecified atom stereocenters. The highest BCUT2D eigenvalue weighted by Crippen LogP contribution is 2.23. The third kappa shape index (κ3) is 5.05. The van der Waals surface area contributed by atoms with E-state index in [0.717, 1.165) is 0 Å². The van der Waals surface area contributed by atoms with E-state index >= 15 is 0 Å². The summed E-state index contributed by atoms with van der Waals surface area (Å²) in [6.45, 7) is 5.34. The summed E-state index contributed by atoms with van der Waals surface area (Å²) in [5.41, 5.74) is 2.03. The molecule has 30 heavy (non-hydrogen) atoms. The van der Waals surface area contributed by atoms with E-state index in [4.69, 9.17) is 0 Å². The Morgan fingerprint density at radius 1 is 0.900 bits per heavy atom. The van der Waals surface area contributed by atoms with Crippen molar-refractivity contribution in [2.24, 2.45) is 0 Å². The van der Waals surface area contributed by atoms with E-state index in [0.29, 0.717) is 43.1 Å².